The first-order chi connectivity index (χ1) is 46.4. The van der Waals surface area contributed by atoms with Gasteiger partial charge in [0.05, 0.1) is 95.7 Å². The van der Waals surface area contributed by atoms with Crippen LogP contribution in [0.4, 0.5) is 10.6 Å². The fraction of sp³-hybridized carbons (Fsp3) is 0.423. The Bertz CT molecular complexity index is 3980. The van der Waals surface area contributed by atoms with Crippen molar-refractivity contribution in [2.45, 2.75) is 83.5 Å². The molecular weight excluding hydrogens is 1260 g/mol. The first kappa shape index (κ1) is 68.8. The van der Waals surface area contributed by atoms with Gasteiger partial charge in [0.2, 0.25) is 5.91 Å². The number of piperidine rings is 1. The number of hydrogen-bond acceptors (Lipinski definition) is 17. The standard InChI is InChI=1S/C71H84Cl2N14O9/c1-7-95-60-44-52(69(2,3)4)21-28-58(60)65-78-70(5,50-17-22-53(72)23-18-50)71(6,51-19-24-54(73)25-20-51)86(65)68(90)83-33-31-82(32-34-83)47-61(88)75-29-36-91-38-40-93-42-43-94-41-39-92-37-35-85-46-59(79-81-85)67(89)84-30-11-12-55(45-84)87-66-62(64(74)76-48-77-66)63(80-87)49-15-26-57(27-16-49)96-56-13-9-8-10-14-56/h8-10,13-28,44,46,48,55H,7,11-12,29-43,45,47H2,1-6H3,(H,75,88)(H2,74,76,77)/t55-,70?,71?/m1/s1. The minimum atomic E-state index is -1.07. The number of benzene rings is 5. The summed E-state index contributed by atoms with van der Waals surface area (Å²) in [4.78, 5) is 64.5. The summed E-state index contributed by atoms with van der Waals surface area (Å²) in [6.45, 7) is 19.6. The summed E-state index contributed by atoms with van der Waals surface area (Å²) >= 11 is 13.0. The number of para-hydroxylation sites is 1. The third-order valence-electron chi connectivity index (χ3n) is 17.9. The number of nitrogens with two attached hydrogens (primary N) is 1. The Hall–Kier alpha value is -8.55. The van der Waals surface area contributed by atoms with Crippen molar-refractivity contribution in [3.05, 3.63) is 172 Å². The van der Waals surface area contributed by atoms with Gasteiger partial charge in [0, 0.05) is 61.4 Å². The van der Waals surface area contributed by atoms with Crippen LogP contribution in [-0.2, 0) is 46.8 Å². The second-order valence-electron chi connectivity index (χ2n) is 25.3. The summed E-state index contributed by atoms with van der Waals surface area (Å²) in [6, 6.07) is 38.3. The van der Waals surface area contributed by atoms with E-state index in [9.17, 15) is 9.59 Å². The predicted octanol–water partition coefficient (Wildman–Crippen LogP) is 10.5. The fourth-order valence-electron chi connectivity index (χ4n) is 12.5. The number of urea groups is 1. The number of anilines is 1. The zero-order valence-electron chi connectivity index (χ0n) is 55.3. The van der Waals surface area contributed by atoms with Crippen LogP contribution in [-0.4, -0.2) is 190 Å². The molecule has 0 saturated carbocycles. The SMILES string of the molecule is CCOc1cc(C(C)(C)C)ccc1C1=NC(C)(c2ccc(Cl)cc2)C(C)(c2ccc(Cl)cc2)N1C(=O)N1CCN(CC(=O)NCCOCCOCCOCCOCCn2cc(C(=O)N3CCC[C@@H](n4nc(-c5ccc(Oc6ccccc6)cc5)c5c(N)ncnc54)C3)nn2)CC1. The van der Waals surface area contributed by atoms with Crippen LogP contribution in [0.25, 0.3) is 22.3 Å². The third-order valence-corrected chi connectivity index (χ3v) is 18.4. The number of aliphatic imine (C=N–C) groups is 1. The van der Waals surface area contributed by atoms with E-state index in [1.165, 1.54) is 6.33 Å². The van der Waals surface area contributed by atoms with Crippen LogP contribution in [0.2, 0.25) is 10.0 Å². The lowest BCUT2D eigenvalue weighted by molar-refractivity contribution is -0.122. The Morgan fingerprint density at radius 3 is 2.04 bits per heavy atom. The van der Waals surface area contributed by atoms with Crippen LogP contribution in [0.5, 0.6) is 17.2 Å². The number of likely N-dealkylation sites (tertiary alicyclic amines) is 1. The highest BCUT2D eigenvalue weighted by Gasteiger charge is 2.60. The van der Waals surface area contributed by atoms with Crippen molar-refractivity contribution in [2.75, 3.05) is 118 Å². The highest BCUT2D eigenvalue weighted by molar-refractivity contribution is 6.31. The number of ether oxygens (including phenoxy) is 6. The van der Waals surface area contributed by atoms with Crippen molar-refractivity contribution in [3.63, 3.8) is 0 Å². The van der Waals surface area contributed by atoms with Gasteiger partial charge in [0.1, 0.15) is 52.0 Å². The maximum Gasteiger partial charge on any atom is 0.326 e. The highest BCUT2D eigenvalue weighted by Crippen LogP contribution is 2.54. The minimum absolute atomic E-state index is 0.127. The second kappa shape index (κ2) is 31.1. The molecule has 4 amide bonds. The molecule has 506 valence electrons. The number of nitrogens with one attached hydrogen (secondary N) is 1. The monoisotopic (exact) mass is 1350 g/mol. The number of halogens is 2. The van der Waals surface area contributed by atoms with Gasteiger partial charge in [-0.2, -0.15) is 5.10 Å². The molecule has 96 heavy (non-hydrogen) atoms. The van der Waals surface area contributed by atoms with Crippen molar-refractivity contribution in [3.8, 4) is 28.5 Å². The predicted molar refractivity (Wildman–Crippen MR) is 368 cm³/mol. The van der Waals surface area contributed by atoms with Crippen LogP contribution in [0.3, 0.4) is 0 Å². The molecule has 5 aromatic carbocycles. The molecule has 0 spiro atoms. The summed E-state index contributed by atoms with van der Waals surface area (Å²) in [6.07, 6.45) is 4.63. The number of amidine groups is 1. The Kier molecular flexibility index (Phi) is 22.3. The molecule has 3 atom stereocenters. The van der Waals surface area contributed by atoms with Crippen LogP contribution in [0.15, 0.2) is 139 Å². The smallest absolute Gasteiger partial charge is 0.326 e. The molecular formula is C71H84Cl2N14O9. The molecule has 11 rings (SSSR count). The molecule has 3 aliphatic heterocycles. The zero-order valence-corrected chi connectivity index (χ0v) is 56.8. The lowest BCUT2D eigenvalue weighted by atomic mass is 9.71. The quantitative estimate of drug-likeness (QED) is 0.0455. The summed E-state index contributed by atoms with van der Waals surface area (Å²) in [5.41, 5.74) is 10.1. The van der Waals surface area contributed by atoms with Gasteiger partial charge < -0.3 is 49.3 Å². The Morgan fingerprint density at radius 1 is 0.729 bits per heavy atom. The zero-order chi connectivity index (χ0) is 67.4. The van der Waals surface area contributed by atoms with Crippen molar-refractivity contribution in [2.24, 2.45) is 4.99 Å². The molecule has 0 radical (unpaired) electrons. The summed E-state index contributed by atoms with van der Waals surface area (Å²) in [5.74, 6) is 2.54. The number of hydrogen-bond donors (Lipinski definition) is 2. The molecule has 3 N–H and O–H groups in total. The van der Waals surface area contributed by atoms with E-state index < -0.39 is 11.1 Å². The first-order valence-electron chi connectivity index (χ1n) is 32.7. The average Bonchev–Trinajstić information content (AvgIpc) is 1.55. The average molecular weight is 1350 g/mol. The maximum atomic E-state index is 15.5. The van der Waals surface area contributed by atoms with Gasteiger partial charge in [-0.25, -0.2) is 24.1 Å². The van der Waals surface area contributed by atoms with E-state index in [0.717, 1.165) is 40.8 Å². The number of carbonyl (C=O) groups excluding carboxylic acids is 3. The molecule has 3 aromatic heterocycles. The van der Waals surface area contributed by atoms with E-state index in [2.05, 4.69) is 77.2 Å². The van der Waals surface area contributed by atoms with Crippen molar-refractivity contribution in [1.82, 2.24) is 59.7 Å². The Morgan fingerprint density at radius 2 is 1.38 bits per heavy atom. The largest absolute Gasteiger partial charge is 0.493 e. The summed E-state index contributed by atoms with van der Waals surface area (Å²) < 4.78 is 38.7. The number of nitrogen functional groups attached to an aromatic ring is 1. The van der Waals surface area contributed by atoms with Gasteiger partial charge in [-0.3, -0.25) is 24.4 Å². The highest BCUT2D eigenvalue weighted by atomic mass is 35.5. The number of nitrogens with zero attached hydrogens (tertiary/aromatic N) is 12. The maximum absolute atomic E-state index is 15.5. The normalized spacial score (nSPS) is 18.4. The topological polar surface area (TPSA) is 244 Å². The van der Waals surface area contributed by atoms with Gasteiger partial charge in [-0.1, -0.05) is 97.7 Å². The van der Waals surface area contributed by atoms with E-state index in [4.69, 9.17) is 67.4 Å². The van der Waals surface area contributed by atoms with Gasteiger partial charge in [0.15, 0.2) is 11.3 Å². The van der Waals surface area contributed by atoms with Crippen molar-refractivity contribution in [1.29, 1.82) is 0 Å². The van der Waals surface area contributed by atoms with E-state index in [1.54, 1.807) is 15.8 Å². The number of piperazine rings is 1. The molecule has 0 aliphatic carbocycles. The van der Waals surface area contributed by atoms with Gasteiger partial charge >= 0.3 is 6.03 Å². The molecule has 0 bridgehead atoms. The molecule has 8 aromatic rings. The minimum Gasteiger partial charge on any atom is -0.493 e. The first-order valence-corrected chi connectivity index (χ1v) is 33.5. The van der Waals surface area contributed by atoms with Crippen LogP contribution in [0.1, 0.15) is 93.2 Å². The Labute approximate surface area is 569 Å². The lowest BCUT2D eigenvalue weighted by Gasteiger charge is -2.47. The number of aromatic nitrogens is 7. The van der Waals surface area contributed by atoms with Gasteiger partial charge in [0.25, 0.3) is 5.91 Å². The second-order valence-corrected chi connectivity index (χ2v) is 26.1. The van der Waals surface area contributed by atoms with Gasteiger partial charge in [-0.05, 0) is 129 Å². The van der Waals surface area contributed by atoms with E-state index >= 15 is 4.79 Å². The van der Waals surface area contributed by atoms with Crippen LogP contribution < -0.4 is 20.5 Å². The molecule has 3 aliphatic rings. The molecule has 2 fully saturated rings. The molecule has 6 heterocycles. The molecule has 23 nitrogen and oxygen atoms in total. The van der Waals surface area contributed by atoms with Crippen LogP contribution in [0, 0.1) is 0 Å². The Balaban J connectivity index is 0.566. The molecule has 25 heteroatoms. The van der Waals surface area contributed by atoms with E-state index in [0.29, 0.717) is 167 Å². The molecule has 2 saturated heterocycles. The van der Waals surface area contributed by atoms with Crippen molar-refractivity contribution < 1.29 is 42.8 Å². The summed E-state index contributed by atoms with van der Waals surface area (Å²) in [7, 11) is 0. The number of fused-ring (bicyclic) bond motifs is 1. The number of rotatable bonds is 27. The summed E-state index contributed by atoms with van der Waals surface area (Å²) in [5, 5.41) is 18.2. The lowest BCUT2D eigenvalue weighted by Crippen LogP contribution is -2.61. The van der Waals surface area contributed by atoms with E-state index in [-0.39, 0.29) is 41.5 Å². The number of amides is 4. The number of carbonyl (C=O) groups is 3. The molecule has 2 unspecified atom stereocenters. The van der Waals surface area contributed by atoms with Crippen molar-refractivity contribution >= 4 is 63.7 Å². The fourth-order valence-corrected chi connectivity index (χ4v) is 12.7. The van der Waals surface area contributed by atoms with Gasteiger partial charge in [-0.15, -0.1) is 5.10 Å². The van der Waals surface area contributed by atoms with E-state index in [1.807, 2.05) is 131 Å². The van der Waals surface area contributed by atoms with Crippen LogP contribution >= 0.6 is 23.2 Å². The third kappa shape index (κ3) is 15.8.